The maximum absolute atomic E-state index is 13.8. The van der Waals surface area contributed by atoms with Crippen molar-refractivity contribution >= 4 is 29.4 Å². The fraction of sp³-hybridized carbons (Fsp3) is 0.238. The largest absolute Gasteiger partial charge is 0.505 e. The average Bonchev–Trinajstić information content (AvgIpc) is 2.75. The van der Waals surface area contributed by atoms with Crippen LogP contribution in [-0.4, -0.2) is 28.6 Å². The summed E-state index contributed by atoms with van der Waals surface area (Å²) in [6, 6.07) is 11.0. The van der Waals surface area contributed by atoms with Gasteiger partial charge in [0.2, 0.25) is 0 Å². The van der Waals surface area contributed by atoms with E-state index in [1.54, 1.807) is 30.0 Å². The van der Waals surface area contributed by atoms with Crippen LogP contribution in [0.5, 0.6) is 5.75 Å². The van der Waals surface area contributed by atoms with Crippen LogP contribution < -0.4 is 10.8 Å². The zero-order valence-electron chi connectivity index (χ0n) is 16.3. The number of halogens is 1. The highest BCUT2D eigenvalue weighted by molar-refractivity contribution is 7.98. The molecular formula is C21H23FN2O5S. The Morgan fingerprint density at radius 2 is 1.97 bits per heavy atom. The Balaban J connectivity index is 2.03. The number of hydroxylamine groups is 1. The van der Waals surface area contributed by atoms with Crippen molar-refractivity contribution in [2.45, 2.75) is 30.3 Å². The molecule has 2 rings (SSSR count). The van der Waals surface area contributed by atoms with E-state index in [1.807, 2.05) is 18.4 Å². The van der Waals surface area contributed by atoms with Crippen molar-refractivity contribution in [3.05, 3.63) is 66.0 Å². The molecule has 160 valence electrons. The third-order valence-electron chi connectivity index (χ3n) is 4.15. The second-order valence-electron chi connectivity index (χ2n) is 6.27. The van der Waals surface area contributed by atoms with Crippen LogP contribution >= 0.6 is 11.8 Å². The lowest BCUT2D eigenvalue weighted by molar-refractivity contribution is -0.124. The van der Waals surface area contributed by atoms with Gasteiger partial charge in [0.15, 0.2) is 11.6 Å². The summed E-state index contributed by atoms with van der Waals surface area (Å²) < 4.78 is 19.3. The van der Waals surface area contributed by atoms with Crippen molar-refractivity contribution in [1.29, 1.82) is 0 Å². The predicted molar refractivity (Wildman–Crippen MR) is 112 cm³/mol. The molecule has 30 heavy (non-hydrogen) atoms. The molecule has 0 bridgehead atoms. The summed E-state index contributed by atoms with van der Waals surface area (Å²) in [5.74, 6) is -1.95. The molecule has 0 saturated heterocycles. The van der Waals surface area contributed by atoms with Crippen molar-refractivity contribution in [2.24, 2.45) is 0 Å². The van der Waals surface area contributed by atoms with Crippen molar-refractivity contribution < 1.29 is 29.0 Å². The highest BCUT2D eigenvalue weighted by Gasteiger charge is 2.18. The van der Waals surface area contributed by atoms with Gasteiger partial charge in [-0.3, -0.25) is 15.3 Å². The minimum Gasteiger partial charge on any atom is -0.505 e. The minimum absolute atomic E-state index is 0.355. The molecule has 0 heterocycles. The van der Waals surface area contributed by atoms with Gasteiger partial charge in [-0.2, -0.15) is 0 Å². The van der Waals surface area contributed by atoms with Crippen LogP contribution in [0.3, 0.4) is 0 Å². The molecule has 0 spiro atoms. The topological polar surface area (TPSA) is 108 Å². The normalized spacial score (nSPS) is 11.8. The van der Waals surface area contributed by atoms with E-state index in [1.165, 1.54) is 23.7 Å². The van der Waals surface area contributed by atoms with Crippen molar-refractivity contribution in [2.75, 3.05) is 11.6 Å². The number of nitrogens with one attached hydrogen (secondary N) is 2. The van der Waals surface area contributed by atoms with Crippen LogP contribution in [0.2, 0.25) is 0 Å². The Morgan fingerprint density at radius 1 is 1.23 bits per heavy atom. The van der Waals surface area contributed by atoms with Gasteiger partial charge < -0.3 is 9.84 Å². The van der Waals surface area contributed by atoms with Crippen molar-refractivity contribution in [3.63, 3.8) is 0 Å². The van der Waals surface area contributed by atoms with E-state index < -0.39 is 29.7 Å². The standard InChI is InChI=1S/C21H23FN2O5S/c1-30-16-10-8-15(9-11-16)23-21(27)29-19(5-3-2-4-6-20(26)24-28)14-7-12-18(25)17(22)13-14/h4,6-13,19,25,28H,2-3,5H2,1H3,(H,23,27)(H,24,26)/b6-4+/t19-/m0/s1. The molecule has 1 atom stereocenters. The molecular weight excluding hydrogens is 411 g/mol. The smallest absolute Gasteiger partial charge is 0.412 e. The van der Waals surface area contributed by atoms with Gasteiger partial charge in [0, 0.05) is 16.7 Å². The molecule has 0 fully saturated rings. The number of carbonyl (C=O) groups excluding carboxylic acids is 2. The van der Waals surface area contributed by atoms with Crippen molar-refractivity contribution in [1.82, 2.24) is 5.48 Å². The summed E-state index contributed by atoms with van der Waals surface area (Å²) in [5.41, 5.74) is 2.45. The van der Waals surface area contributed by atoms with Crippen molar-refractivity contribution in [3.8, 4) is 5.75 Å². The molecule has 0 aliphatic carbocycles. The number of amides is 2. The quantitative estimate of drug-likeness (QED) is 0.149. The highest BCUT2D eigenvalue weighted by Crippen LogP contribution is 2.28. The maximum atomic E-state index is 13.8. The third-order valence-corrected chi connectivity index (χ3v) is 4.89. The Kier molecular flexibility index (Phi) is 9.17. The fourth-order valence-corrected chi connectivity index (χ4v) is 3.02. The first-order chi connectivity index (χ1) is 14.4. The van der Waals surface area contributed by atoms with Gasteiger partial charge >= 0.3 is 6.09 Å². The number of phenols is 1. The van der Waals surface area contributed by atoms with Gasteiger partial charge in [0.05, 0.1) is 0 Å². The molecule has 0 radical (unpaired) electrons. The number of carbonyl (C=O) groups is 2. The third kappa shape index (κ3) is 7.41. The van der Waals surface area contributed by atoms with Crippen LogP contribution in [0.1, 0.15) is 30.9 Å². The lowest BCUT2D eigenvalue weighted by atomic mass is 10.0. The Hall–Kier alpha value is -3.04. The molecule has 0 unspecified atom stereocenters. The lowest BCUT2D eigenvalue weighted by Gasteiger charge is -2.19. The monoisotopic (exact) mass is 434 g/mol. The summed E-state index contributed by atoms with van der Waals surface area (Å²) in [5, 5.41) is 20.5. The number of thioether (sulfide) groups is 1. The number of unbranched alkanes of at least 4 members (excludes halogenated alkanes) is 1. The van der Waals surface area contributed by atoms with E-state index in [0.29, 0.717) is 30.5 Å². The molecule has 2 amide bonds. The Bertz CT molecular complexity index is 889. The molecule has 2 aromatic carbocycles. The van der Waals surface area contributed by atoms with Crippen LogP contribution in [-0.2, 0) is 9.53 Å². The summed E-state index contributed by atoms with van der Waals surface area (Å²) >= 11 is 1.58. The van der Waals surface area contributed by atoms with Gasteiger partial charge in [-0.15, -0.1) is 11.8 Å². The molecule has 4 N–H and O–H groups in total. The molecule has 0 aliphatic heterocycles. The number of allylic oxidation sites excluding steroid dienone is 1. The zero-order chi connectivity index (χ0) is 21.9. The number of anilines is 1. The molecule has 7 nitrogen and oxygen atoms in total. The second kappa shape index (κ2) is 11.8. The fourth-order valence-electron chi connectivity index (χ4n) is 2.62. The minimum atomic E-state index is -0.811. The second-order valence-corrected chi connectivity index (χ2v) is 7.15. The highest BCUT2D eigenvalue weighted by atomic mass is 32.2. The molecule has 0 aromatic heterocycles. The molecule has 9 heteroatoms. The number of hydrogen-bond donors (Lipinski definition) is 4. The molecule has 0 aliphatic rings. The number of ether oxygens (including phenoxy) is 1. The van der Waals surface area contributed by atoms with E-state index in [4.69, 9.17) is 9.94 Å². The average molecular weight is 434 g/mol. The van der Waals surface area contributed by atoms with Crippen LogP contribution in [0.15, 0.2) is 59.5 Å². The Labute approximate surface area is 177 Å². The SMILES string of the molecule is CSc1ccc(NC(=O)O[C@@H](CCC/C=C/C(=O)NO)c2ccc(O)c(F)c2)cc1. The van der Waals surface area contributed by atoms with Gasteiger partial charge in [-0.25, -0.2) is 14.7 Å². The van der Waals surface area contributed by atoms with E-state index >= 15 is 0 Å². The number of hydrogen-bond acceptors (Lipinski definition) is 6. The van der Waals surface area contributed by atoms with E-state index in [2.05, 4.69) is 5.32 Å². The van der Waals surface area contributed by atoms with Gasteiger partial charge in [-0.1, -0.05) is 12.1 Å². The predicted octanol–water partition coefficient (Wildman–Crippen LogP) is 4.77. The molecule has 2 aromatic rings. The van der Waals surface area contributed by atoms with E-state index in [-0.39, 0.29) is 0 Å². The van der Waals surface area contributed by atoms with Crippen LogP contribution in [0.25, 0.3) is 0 Å². The number of rotatable bonds is 9. The lowest BCUT2D eigenvalue weighted by Crippen LogP contribution is -2.18. The van der Waals surface area contributed by atoms with Crippen LogP contribution in [0, 0.1) is 5.82 Å². The molecule has 0 saturated carbocycles. The van der Waals surface area contributed by atoms with E-state index in [9.17, 15) is 19.1 Å². The first-order valence-electron chi connectivity index (χ1n) is 9.13. The van der Waals surface area contributed by atoms with Gasteiger partial charge in [0.1, 0.15) is 6.10 Å². The van der Waals surface area contributed by atoms with E-state index in [0.717, 1.165) is 11.0 Å². The van der Waals surface area contributed by atoms with Gasteiger partial charge in [0.25, 0.3) is 5.91 Å². The maximum Gasteiger partial charge on any atom is 0.412 e. The Morgan fingerprint density at radius 3 is 2.60 bits per heavy atom. The number of benzene rings is 2. The first-order valence-corrected chi connectivity index (χ1v) is 10.4. The number of phenolic OH excluding ortho intramolecular Hbond substituents is 1. The summed E-state index contributed by atoms with van der Waals surface area (Å²) in [6.45, 7) is 0. The first kappa shape index (κ1) is 23.2. The van der Waals surface area contributed by atoms with Gasteiger partial charge in [-0.05, 0) is 67.5 Å². The summed E-state index contributed by atoms with van der Waals surface area (Å²) in [4.78, 5) is 24.4. The summed E-state index contributed by atoms with van der Waals surface area (Å²) in [7, 11) is 0. The zero-order valence-corrected chi connectivity index (χ0v) is 17.1. The number of aromatic hydroxyl groups is 1. The summed E-state index contributed by atoms with van der Waals surface area (Å²) in [6.07, 6.45) is 4.60. The van der Waals surface area contributed by atoms with Crippen LogP contribution in [0.4, 0.5) is 14.9 Å².